The number of hydrogen-bond donors (Lipinski definition) is 0. The van der Waals surface area contributed by atoms with E-state index in [1.54, 1.807) is 0 Å². The first-order valence-corrected chi connectivity index (χ1v) is 10.0. The normalized spacial score (nSPS) is 7.74. The highest BCUT2D eigenvalue weighted by atomic mass is 19.0. The van der Waals surface area contributed by atoms with Gasteiger partial charge in [-0.3, -0.25) is 4.70 Å². The predicted molar refractivity (Wildman–Crippen MR) is 135 cm³/mol. The van der Waals surface area contributed by atoms with Crippen molar-refractivity contribution < 1.29 is 4.70 Å². The third-order valence-corrected chi connectivity index (χ3v) is 3.33. The van der Waals surface area contributed by atoms with Crippen molar-refractivity contribution in [2.75, 3.05) is 0 Å². The minimum atomic E-state index is 0. The zero-order valence-electron chi connectivity index (χ0n) is 17.7. The van der Waals surface area contributed by atoms with Crippen molar-refractivity contribution in [3.8, 4) is 0 Å². The SMILES string of the molecule is F.c1ccccc1.c1ccccc1.c1ccccc1.c1ccccc1.c1ccccc1. The van der Waals surface area contributed by atoms with Crippen molar-refractivity contribution in [1.82, 2.24) is 0 Å². The lowest BCUT2D eigenvalue weighted by molar-refractivity contribution is 1.11. The van der Waals surface area contributed by atoms with E-state index in [1.165, 1.54) is 0 Å². The second-order valence-electron chi connectivity index (χ2n) is 5.77. The fourth-order valence-corrected chi connectivity index (χ4v) is 1.92. The number of hydrogen-bond acceptors (Lipinski definition) is 0. The van der Waals surface area contributed by atoms with Gasteiger partial charge in [-0.25, -0.2) is 0 Å². The van der Waals surface area contributed by atoms with Crippen molar-refractivity contribution in [2.24, 2.45) is 0 Å². The average Bonchev–Trinajstić information content (AvgIpc) is 2.91. The molecule has 0 fully saturated rings. The molecule has 5 aromatic rings. The molecule has 0 nitrogen and oxygen atoms in total. The van der Waals surface area contributed by atoms with E-state index >= 15 is 0 Å². The van der Waals surface area contributed by atoms with Crippen molar-refractivity contribution in [3.63, 3.8) is 0 Å². The van der Waals surface area contributed by atoms with Gasteiger partial charge in [0.2, 0.25) is 0 Å². The van der Waals surface area contributed by atoms with Crippen LogP contribution in [0.25, 0.3) is 0 Å². The summed E-state index contributed by atoms with van der Waals surface area (Å²) in [5, 5.41) is 0. The highest BCUT2D eigenvalue weighted by Crippen LogP contribution is 1.82. The van der Waals surface area contributed by atoms with Crippen LogP contribution < -0.4 is 0 Å². The van der Waals surface area contributed by atoms with Gasteiger partial charge >= 0.3 is 0 Å². The Morgan fingerprint density at radius 1 is 0.0968 bits per heavy atom. The Bertz CT molecular complexity index is 549. The molecule has 31 heavy (non-hydrogen) atoms. The Labute approximate surface area is 186 Å². The number of benzene rings is 5. The summed E-state index contributed by atoms with van der Waals surface area (Å²) < 4.78 is 0. The summed E-state index contributed by atoms with van der Waals surface area (Å²) in [5.74, 6) is 0. The fraction of sp³-hybridized carbons (Fsp3) is 0. The molecule has 0 heterocycles. The van der Waals surface area contributed by atoms with E-state index in [2.05, 4.69) is 0 Å². The molecule has 158 valence electrons. The molecule has 0 atom stereocenters. The predicted octanol–water partition coefficient (Wildman–Crippen LogP) is 8.59. The van der Waals surface area contributed by atoms with Crippen molar-refractivity contribution >= 4 is 0 Å². The lowest BCUT2D eigenvalue weighted by Gasteiger charge is -1.69. The maximum Gasteiger partial charge on any atom is -0.0623 e. The van der Waals surface area contributed by atoms with Gasteiger partial charge in [0.05, 0.1) is 0 Å². The topological polar surface area (TPSA) is 0 Å². The summed E-state index contributed by atoms with van der Waals surface area (Å²) >= 11 is 0. The van der Waals surface area contributed by atoms with Gasteiger partial charge in [0.15, 0.2) is 0 Å². The average molecular weight is 411 g/mol. The van der Waals surface area contributed by atoms with Crippen LogP contribution in [0.3, 0.4) is 0 Å². The molecule has 5 aromatic carbocycles. The lowest BCUT2D eigenvalue weighted by atomic mass is 10.4. The van der Waals surface area contributed by atoms with Crippen LogP contribution in [-0.2, 0) is 0 Å². The molecule has 0 aliphatic carbocycles. The smallest absolute Gasteiger partial charge is 0.0623 e. The Morgan fingerprint density at radius 3 is 0.161 bits per heavy atom. The van der Waals surface area contributed by atoms with Crippen LogP contribution in [-0.4, -0.2) is 0 Å². The second kappa shape index (κ2) is 24.1. The molecule has 0 amide bonds. The molecule has 0 aromatic heterocycles. The third kappa shape index (κ3) is 22.2. The molecule has 0 saturated carbocycles. The van der Waals surface area contributed by atoms with E-state index in [-0.39, 0.29) is 4.70 Å². The van der Waals surface area contributed by atoms with Crippen LogP contribution in [0.4, 0.5) is 4.70 Å². The summed E-state index contributed by atoms with van der Waals surface area (Å²) in [5.41, 5.74) is 0. The highest BCUT2D eigenvalue weighted by molar-refractivity contribution is 5.01. The van der Waals surface area contributed by atoms with Gasteiger partial charge < -0.3 is 0 Å². The molecule has 0 radical (unpaired) electrons. The van der Waals surface area contributed by atoms with E-state index in [0.717, 1.165) is 0 Å². The molecular weight excluding hydrogens is 379 g/mol. The van der Waals surface area contributed by atoms with Crippen LogP contribution in [0.15, 0.2) is 182 Å². The largest absolute Gasteiger partial charge is 0.269 e. The molecule has 0 aliphatic rings. The van der Waals surface area contributed by atoms with E-state index in [0.29, 0.717) is 0 Å². The number of rotatable bonds is 0. The molecule has 5 rings (SSSR count). The zero-order valence-corrected chi connectivity index (χ0v) is 17.7. The van der Waals surface area contributed by atoms with Crippen LogP contribution in [0.5, 0.6) is 0 Å². The zero-order chi connectivity index (χ0) is 21.2. The summed E-state index contributed by atoms with van der Waals surface area (Å²) in [6.07, 6.45) is 0. The van der Waals surface area contributed by atoms with Gasteiger partial charge in [-0.2, -0.15) is 0 Å². The van der Waals surface area contributed by atoms with Crippen molar-refractivity contribution in [2.45, 2.75) is 0 Å². The van der Waals surface area contributed by atoms with Gasteiger partial charge in [0.25, 0.3) is 0 Å². The van der Waals surface area contributed by atoms with Crippen LogP contribution in [0.1, 0.15) is 0 Å². The van der Waals surface area contributed by atoms with Crippen LogP contribution in [0.2, 0.25) is 0 Å². The molecule has 0 aliphatic heterocycles. The van der Waals surface area contributed by atoms with Gasteiger partial charge in [-0.1, -0.05) is 182 Å². The monoisotopic (exact) mass is 410 g/mol. The fourth-order valence-electron chi connectivity index (χ4n) is 1.92. The first-order valence-electron chi connectivity index (χ1n) is 10.0. The maximum atomic E-state index is 2.00. The first-order chi connectivity index (χ1) is 15.0. The second-order valence-corrected chi connectivity index (χ2v) is 5.77. The van der Waals surface area contributed by atoms with Crippen molar-refractivity contribution in [1.29, 1.82) is 0 Å². The van der Waals surface area contributed by atoms with E-state index < -0.39 is 0 Å². The summed E-state index contributed by atoms with van der Waals surface area (Å²) in [7, 11) is 0. The quantitative estimate of drug-likeness (QED) is 0.240. The Kier molecular flexibility index (Phi) is 21.0. The van der Waals surface area contributed by atoms with E-state index in [4.69, 9.17) is 0 Å². The van der Waals surface area contributed by atoms with Crippen LogP contribution >= 0.6 is 0 Å². The van der Waals surface area contributed by atoms with Gasteiger partial charge in [-0.05, 0) is 0 Å². The minimum absolute atomic E-state index is 0. The van der Waals surface area contributed by atoms with E-state index in [1.807, 2.05) is 182 Å². The van der Waals surface area contributed by atoms with Gasteiger partial charge in [0, 0.05) is 0 Å². The Hall–Kier alpha value is -3.97. The van der Waals surface area contributed by atoms with E-state index in [9.17, 15) is 0 Å². The molecule has 0 bridgehead atoms. The summed E-state index contributed by atoms with van der Waals surface area (Å²) in [6, 6.07) is 60.0. The van der Waals surface area contributed by atoms with Gasteiger partial charge in [-0.15, -0.1) is 0 Å². The molecule has 0 saturated heterocycles. The third-order valence-electron chi connectivity index (χ3n) is 3.33. The van der Waals surface area contributed by atoms with Crippen molar-refractivity contribution in [3.05, 3.63) is 182 Å². The Morgan fingerprint density at radius 2 is 0.129 bits per heavy atom. The molecule has 0 N–H and O–H groups in total. The summed E-state index contributed by atoms with van der Waals surface area (Å²) in [6.45, 7) is 0. The first kappa shape index (κ1) is 27.0. The van der Waals surface area contributed by atoms with Gasteiger partial charge in [0.1, 0.15) is 0 Å². The minimum Gasteiger partial charge on any atom is -0.269 e. The molecule has 0 unspecified atom stereocenters. The Balaban J connectivity index is 0.000000360. The molecule has 0 spiro atoms. The summed E-state index contributed by atoms with van der Waals surface area (Å²) in [4.78, 5) is 0. The standard InChI is InChI=1S/5C6H6.FH/c5*1-2-4-6-5-3-1;/h5*1-6H;1H. The van der Waals surface area contributed by atoms with Crippen LogP contribution in [0, 0.1) is 0 Å². The lowest BCUT2D eigenvalue weighted by Crippen LogP contribution is -1.47. The maximum absolute atomic E-state index is 2.00. The molecular formula is C30H31F. The highest BCUT2D eigenvalue weighted by Gasteiger charge is 1.60. The molecule has 1 heteroatoms. The number of halogens is 1.